The molecule has 1 aromatic heterocycles. The molecule has 2 unspecified atom stereocenters. The second-order valence-electron chi connectivity index (χ2n) is 6.33. The summed E-state index contributed by atoms with van der Waals surface area (Å²) >= 11 is 3.28. The van der Waals surface area contributed by atoms with Gasteiger partial charge in [-0.15, -0.1) is 0 Å². The number of esters is 2. The highest BCUT2D eigenvalue weighted by Gasteiger charge is 2.56. The average Bonchev–Trinajstić information content (AvgIpc) is 3.21. The first-order chi connectivity index (χ1) is 11.8. The van der Waals surface area contributed by atoms with Gasteiger partial charge in [0.1, 0.15) is 0 Å². The summed E-state index contributed by atoms with van der Waals surface area (Å²) in [5.74, 6) is -0.797. The van der Waals surface area contributed by atoms with E-state index in [1.165, 1.54) is 18.4 Å². The van der Waals surface area contributed by atoms with Crippen LogP contribution < -0.4 is 11.2 Å². The van der Waals surface area contributed by atoms with Crippen LogP contribution in [0.15, 0.2) is 15.8 Å². The lowest BCUT2D eigenvalue weighted by Gasteiger charge is -2.19. The van der Waals surface area contributed by atoms with Crippen molar-refractivity contribution in [1.82, 2.24) is 9.55 Å². The van der Waals surface area contributed by atoms with Crippen molar-refractivity contribution in [3.63, 3.8) is 0 Å². The molecule has 0 aliphatic heterocycles. The van der Waals surface area contributed by atoms with Gasteiger partial charge in [-0.05, 0) is 12.8 Å². The maximum atomic E-state index is 12.1. The number of aromatic nitrogens is 2. The molecule has 1 heterocycles. The van der Waals surface area contributed by atoms with Crippen molar-refractivity contribution >= 4 is 27.9 Å². The molecule has 0 bridgehead atoms. The van der Waals surface area contributed by atoms with E-state index in [1.54, 1.807) is 6.20 Å². The fourth-order valence-corrected chi connectivity index (χ4v) is 3.27. The molecule has 2 atom stereocenters. The third-order valence-corrected chi connectivity index (χ3v) is 4.74. The average molecular weight is 417 g/mol. The number of rotatable bonds is 8. The van der Waals surface area contributed by atoms with Gasteiger partial charge in [-0.3, -0.25) is 23.9 Å². The van der Waals surface area contributed by atoms with Crippen LogP contribution in [0, 0.1) is 11.3 Å². The van der Waals surface area contributed by atoms with E-state index in [9.17, 15) is 19.2 Å². The van der Waals surface area contributed by atoms with E-state index in [0.717, 1.165) is 0 Å². The van der Waals surface area contributed by atoms with Crippen LogP contribution in [-0.2, 0) is 32.0 Å². The predicted octanol–water partition coefficient (Wildman–Crippen LogP) is 0.606. The number of nitrogens with one attached hydrogen (secondary N) is 1. The smallest absolute Gasteiger partial charge is 0.328 e. The van der Waals surface area contributed by atoms with Crippen LogP contribution >= 0.6 is 15.9 Å². The van der Waals surface area contributed by atoms with E-state index < -0.39 is 22.6 Å². The highest BCUT2D eigenvalue weighted by molar-refractivity contribution is 9.09. The zero-order valence-corrected chi connectivity index (χ0v) is 15.8. The van der Waals surface area contributed by atoms with Crippen molar-refractivity contribution < 1.29 is 19.1 Å². The summed E-state index contributed by atoms with van der Waals surface area (Å²) in [6, 6.07) is 0. The number of nitrogens with zero attached hydrogens (tertiary/aromatic N) is 1. The first-order valence-corrected chi connectivity index (χ1v) is 9.05. The standard InChI is InChI=1S/C16H21BrN2O6/c1-10(20)24-7-13-5-16(13,9-25-11(2)21)8-19-6-12(3-4-17)14(22)18-15(19)23/h6,13H,3-5,7-9H2,1-2H3,(H,18,22,23). The number of aromatic amines is 1. The van der Waals surface area contributed by atoms with Crippen molar-refractivity contribution in [3.05, 3.63) is 32.6 Å². The quantitative estimate of drug-likeness (QED) is 0.491. The highest BCUT2D eigenvalue weighted by atomic mass is 79.9. The van der Waals surface area contributed by atoms with Gasteiger partial charge in [-0.25, -0.2) is 4.79 Å². The molecule has 9 heteroatoms. The van der Waals surface area contributed by atoms with Gasteiger partial charge >= 0.3 is 17.6 Å². The van der Waals surface area contributed by atoms with E-state index in [1.807, 2.05) is 0 Å². The second-order valence-corrected chi connectivity index (χ2v) is 7.12. The number of hydrogen-bond donors (Lipinski definition) is 1. The van der Waals surface area contributed by atoms with Crippen LogP contribution in [0.4, 0.5) is 0 Å². The zero-order valence-electron chi connectivity index (χ0n) is 14.2. The molecule has 1 aliphatic carbocycles. The normalized spacial score (nSPS) is 21.6. The largest absolute Gasteiger partial charge is 0.466 e. The monoisotopic (exact) mass is 416 g/mol. The van der Waals surface area contributed by atoms with Crippen LogP contribution in [0.2, 0.25) is 0 Å². The van der Waals surface area contributed by atoms with Crippen molar-refractivity contribution in [2.24, 2.45) is 11.3 Å². The topological polar surface area (TPSA) is 107 Å². The summed E-state index contributed by atoms with van der Waals surface area (Å²) in [5.41, 5.74) is -0.892. The van der Waals surface area contributed by atoms with Gasteiger partial charge in [0.25, 0.3) is 5.56 Å². The third-order valence-electron chi connectivity index (χ3n) is 4.34. The van der Waals surface area contributed by atoms with E-state index in [-0.39, 0.29) is 31.6 Å². The van der Waals surface area contributed by atoms with Crippen molar-refractivity contribution in [1.29, 1.82) is 0 Å². The molecule has 1 N–H and O–H groups in total. The number of carbonyl (C=O) groups is 2. The number of aryl methyl sites for hydroxylation is 1. The summed E-state index contributed by atoms with van der Waals surface area (Å²) in [7, 11) is 0. The molecule has 138 valence electrons. The van der Waals surface area contributed by atoms with Gasteiger partial charge in [0.15, 0.2) is 0 Å². The maximum Gasteiger partial charge on any atom is 0.328 e. The summed E-state index contributed by atoms with van der Waals surface area (Å²) < 4.78 is 11.6. The molecule has 1 saturated carbocycles. The van der Waals surface area contributed by atoms with Gasteiger partial charge in [0.2, 0.25) is 0 Å². The van der Waals surface area contributed by atoms with Crippen LogP contribution in [-0.4, -0.2) is 40.0 Å². The van der Waals surface area contributed by atoms with E-state index in [4.69, 9.17) is 9.47 Å². The molecule has 1 fully saturated rings. The molecule has 0 spiro atoms. The van der Waals surface area contributed by atoms with Gasteiger partial charge < -0.3 is 9.47 Å². The summed E-state index contributed by atoms with van der Waals surface area (Å²) in [4.78, 5) is 48.4. The molecule has 1 aliphatic rings. The van der Waals surface area contributed by atoms with E-state index in [2.05, 4.69) is 20.9 Å². The Morgan fingerprint density at radius 3 is 2.60 bits per heavy atom. The summed E-state index contributed by atoms with van der Waals surface area (Å²) in [5, 5.41) is 0.599. The number of halogens is 1. The van der Waals surface area contributed by atoms with Crippen LogP contribution in [0.25, 0.3) is 0 Å². The molecule has 0 saturated heterocycles. The number of hydrogen-bond acceptors (Lipinski definition) is 6. The minimum atomic E-state index is -0.511. The Morgan fingerprint density at radius 2 is 2.00 bits per heavy atom. The molecular formula is C16H21BrN2O6. The van der Waals surface area contributed by atoms with Crippen LogP contribution in [0.3, 0.4) is 0 Å². The van der Waals surface area contributed by atoms with E-state index in [0.29, 0.717) is 23.7 Å². The molecule has 25 heavy (non-hydrogen) atoms. The van der Waals surface area contributed by atoms with Crippen molar-refractivity contribution in [3.8, 4) is 0 Å². The lowest BCUT2D eigenvalue weighted by Crippen LogP contribution is -2.35. The Kier molecular flexibility index (Phi) is 6.21. The number of H-pyrrole nitrogens is 1. The molecule has 1 aromatic rings. The summed E-state index contributed by atoms with van der Waals surface area (Å²) in [6.07, 6.45) is 2.69. The highest BCUT2D eigenvalue weighted by Crippen LogP contribution is 2.54. The molecule has 0 radical (unpaired) electrons. The number of ether oxygens (including phenoxy) is 2. The maximum absolute atomic E-state index is 12.1. The lowest BCUT2D eigenvalue weighted by atomic mass is 10.1. The van der Waals surface area contributed by atoms with Gasteiger partial charge in [-0.2, -0.15) is 0 Å². The molecule has 8 nitrogen and oxygen atoms in total. The van der Waals surface area contributed by atoms with Crippen molar-refractivity contribution in [2.45, 2.75) is 33.2 Å². The van der Waals surface area contributed by atoms with Crippen LogP contribution in [0.1, 0.15) is 25.8 Å². The van der Waals surface area contributed by atoms with Gasteiger partial charge in [-0.1, -0.05) is 15.9 Å². The molecule has 0 amide bonds. The predicted molar refractivity (Wildman–Crippen MR) is 92.6 cm³/mol. The number of carbonyl (C=O) groups excluding carboxylic acids is 2. The summed E-state index contributed by atoms with van der Waals surface area (Å²) in [6.45, 7) is 3.26. The number of alkyl halides is 1. The second kappa shape index (κ2) is 7.99. The van der Waals surface area contributed by atoms with Gasteiger partial charge in [0.05, 0.1) is 13.2 Å². The molecule has 0 aromatic carbocycles. The lowest BCUT2D eigenvalue weighted by molar-refractivity contribution is -0.145. The van der Waals surface area contributed by atoms with Crippen LogP contribution in [0.5, 0.6) is 0 Å². The Bertz CT molecular complexity index is 771. The Balaban J connectivity index is 2.21. The molecular weight excluding hydrogens is 396 g/mol. The van der Waals surface area contributed by atoms with Crippen molar-refractivity contribution in [2.75, 3.05) is 18.5 Å². The fourth-order valence-electron chi connectivity index (χ4n) is 2.84. The Hall–Kier alpha value is -1.90. The van der Waals surface area contributed by atoms with Gasteiger partial charge in [0, 0.05) is 48.8 Å². The Labute approximate surface area is 152 Å². The first kappa shape index (κ1) is 19.4. The SMILES string of the molecule is CC(=O)OCC1CC1(COC(C)=O)Cn1cc(CCBr)c(=O)[nH]c1=O. The van der Waals surface area contributed by atoms with E-state index >= 15 is 0 Å². The fraction of sp³-hybridized carbons (Fsp3) is 0.625. The Morgan fingerprint density at radius 1 is 1.32 bits per heavy atom. The minimum Gasteiger partial charge on any atom is -0.466 e. The minimum absolute atomic E-state index is 0.00537. The first-order valence-electron chi connectivity index (χ1n) is 7.93. The zero-order chi connectivity index (χ0) is 18.6. The third kappa shape index (κ3) is 5.04. The molecule has 2 rings (SSSR count).